The van der Waals surface area contributed by atoms with Crippen molar-refractivity contribution in [2.45, 2.75) is 6.92 Å². The van der Waals surface area contributed by atoms with Gasteiger partial charge >= 0.3 is 6.01 Å². The molecule has 0 fully saturated rings. The molecule has 1 rings (SSSR count). The minimum absolute atomic E-state index is 0.105. The van der Waals surface area contributed by atoms with Gasteiger partial charge in [0.25, 0.3) is 0 Å². The van der Waals surface area contributed by atoms with Crippen LogP contribution in [0.4, 0.5) is 5.82 Å². The smallest absolute Gasteiger partial charge is 0.318 e. The maximum atomic E-state index is 11.2. The fraction of sp³-hybridized carbons (Fsp3) is 0.444. The van der Waals surface area contributed by atoms with Crippen molar-refractivity contribution in [1.29, 1.82) is 0 Å². The predicted molar refractivity (Wildman–Crippen MR) is 60.8 cm³/mol. The number of nitrogens with zero attached hydrogens (tertiary/aromatic N) is 2. The summed E-state index contributed by atoms with van der Waals surface area (Å²) in [5.41, 5.74) is 0. The molecule has 0 spiro atoms. The second-order valence-electron chi connectivity index (χ2n) is 2.86. The predicted octanol–water partition coefficient (Wildman–Crippen LogP) is 0.687. The molecule has 7 heteroatoms. The summed E-state index contributed by atoms with van der Waals surface area (Å²) in [5.74, 6) is 0.246. The topological polar surface area (TPSA) is 76.1 Å². The maximum Gasteiger partial charge on any atom is 0.318 e. The number of amides is 1. The summed E-state index contributed by atoms with van der Waals surface area (Å²) in [4.78, 5) is 19.0. The molecule has 1 aromatic rings. The molecule has 0 bridgehead atoms. The SMILES string of the molecule is CCNC(=O)CNc1nc(OC)ncc1Cl. The van der Waals surface area contributed by atoms with Crippen LogP contribution >= 0.6 is 11.6 Å². The highest BCUT2D eigenvalue weighted by Gasteiger charge is 2.06. The number of nitrogens with one attached hydrogen (secondary N) is 2. The first-order chi connectivity index (χ1) is 7.67. The third-order valence-electron chi connectivity index (χ3n) is 1.69. The Morgan fingerprint density at radius 1 is 1.62 bits per heavy atom. The van der Waals surface area contributed by atoms with E-state index in [2.05, 4.69) is 20.6 Å². The van der Waals surface area contributed by atoms with Crippen molar-refractivity contribution < 1.29 is 9.53 Å². The molecule has 0 aliphatic carbocycles. The summed E-state index contributed by atoms with van der Waals surface area (Å²) in [6.07, 6.45) is 1.41. The van der Waals surface area contributed by atoms with Crippen LogP contribution in [-0.4, -0.2) is 36.1 Å². The van der Waals surface area contributed by atoms with Crippen LogP contribution in [0.3, 0.4) is 0 Å². The number of hydrogen-bond acceptors (Lipinski definition) is 5. The highest BCUT2D eigenvalue weighted by molar-refractivity contribution is 6.32. The number of anilines is 1. The van der Waals surface area contributed by atoms with Gasteiger partial charge in [0.15, 0.2) is 5.82 Å². The fourth-order valence-electron chi connectivity index (χ4n) is 0.997. The number of hydrogen-bond donors (Lipinski definition) is 2. The van der Waals surface area contributed by atoms with E-state index in [4.69, 9.17) is 16.3 Å². The molecule has 16 heavy (non-hydrogen) atoms. The van der Waals surface area contributed by atoms with Gasteiger partial charge in [-0.2, -0.15) is 4.98 Å². The molecule has 88 valence electrons. The van der Waals surface area contributed by atoms with Crippen molar-refractivity contribution in [3.8, 4) is 6.01 Å². The van der Waals surface area contributed by atoms with Crippen LogP contribution in [0.15, 0.2) is 6.20 Å². The molecule has 1 heterocycles. The van der Waals surface area contributed by atoms with Crippen LogP contribution in [-0.2, 0) is 4.79 Å². The largest absolute Gasteiger partial charge is 0.467 e. The average molecular weight is 245 g/mol. The first-order valence-corrected chi connectivity index (χ1v) is 5.12. The van der Waals surface area contributed by atoms with Gasteiger partial charge in [0.2, 0.25) is 5.91 Å². The molecule has 1 amide bonds. The Morgan fingerprint density at radius 2 is 2.38 bits per heavy atom. The van der Waals surface area contributed by atoms with Crippen LogP contribution in [0, 0.1) is 0 Å². The van der Waals surface area contributed by atoms with Gasteiger partial charge in [-0.1, -0.05) is 11.6 Å². The summed E-state index contributed by atoms with van der Waals surface area (Å²) >= 11 is 5.84. The van der Waals surface area contributed by atoms with Gasteiger partial charge in [0, 0.05) is 6.54 Å². The number of aromatic nitrogens is 2. The summed E-state index contributed by atoms with van der Waals surface area (Å²) in [6, 6.07) is 0.197. The van der Waals surface area contributed by atoms with Crippen LogP contribution in [0.2, 0.25) is 5.02 Å². The van der Waals surface area contributed by atoms with E-state index in [-0.39, 0.29) is 18.5 Å². The number of halogens is 1. The van der Waals surface area contributed by atoms with Crippen molar-refractivity contribution in [2.75, 3.05) is 25.5 Å². The van der Waals surface area contributed by atoms with E-state index in [0.29, 0.717) is 17.4 Å². The first-order valence-electron chi connectivity index (χ1n) is 4.74. The number of ether oxygens (including phenoxy) is 1. The molecule has 0 saturated heterocycles. The van der Waals surface area contributed by atoms with Gasteiger partial charge in [-0.05, 0) is 6.92 Å². The molecule has 2 N–H and O–H groups in total. The lowest BCUT2D eigenvalue weighted by Crippen LogP contribution is -2.29. The standard InChI is InChI=1S/C9H13ClN4O2/c1-3-11-7(15)5-12-8-6(10)4-13-9(14-8)16-2/h4H,3,5H2,1-2H3,(H,11,15)(H,12,13,14). The molecule has 6 nitrogen and oxygen atoms in total. The summed E-state index contributed by atoms with van der Waals surface area (Å²) < 4.78 is 4.84. The van der Waals surface area contributed by atoms with Gasteiger partial charge in [-0.25, -0.2) is 4.98 Å². The number of carbonyl (C=O) groups is 1. The zero-order valence-electron chi connectivity index (χ0n) is 9.08. The zero-order chi connectivity index (χ0) is 12.0. The van der Waals surface area contributed by atoms with Crippen LogP contribution < -0.4 is 15.4 Å². The molecular weight excluding hydrogens is 232 g/mol. The zero-order valence-corrected chi connectivity index (χ0v) is 9.84. The van der Waals surface area contributed by atoms with Crippen LogP contribution in [0.25, 0.3) is 0 Å². The molecule has 0 atom stereocenters. The monoisotopic (exact) mass is 244 g/mol. The summed E-state index contributed by atoms with van der Waals surface area (Å²) in [6.45, 7) is 2.54. The molecule has 0 aliphatic rings. The van der Waals surface area contributed by atoms with E-state index < -0.39 is 0 Å². The quantitative estimate of drug-likeness (QED) is 0.797. The lowest BCUT2D eigenvalue weighted by atomic mass is 10.5. The van der Waals surface area contributed by atoms with Crippen LogP contribution in [0.5, 0.6) is 6.01 Å². The van der Waals surface area contributed by atoms with E-state index in [1.54, 1.807) is 0 Å². The lowest BCUT2D eigenvalue weighted by Gasteiger charge is -2.07. The highest BCUT2D eigenvalue weighted by Crippen LogP contribution is 2.19. The van der Waals surface area contributed by atoms with Gasteiger partial charge in [-0.15, -0.1) is 0 Å². The van der Waals surface area contributed by atoms with E-state index in [0.717, 1.165) is 0 Å². The van der Waals surface area contributed by atoms with Crippen molar-refractivity contribution in [3.05, 3.63) is 11.2 Å². The van der Waals surface area contributed by atoms with Gasteiger partial charge < -0.3 is 15.4 Å². The second-order valence-corrected chi connectivity index (χ2v) is 3.27. The normalized spacial score (nSPS) is 9.69. The Bertz CT molecular complexity index is 373. The number of rotatable bonds is 5. The van der Waals surface area contributed by atoms with Gasteiger partial charge in [0.1, 0.15) is 5.02 Å². The highest BCUT2D eigenvalue weighted by atomic mass is 35.5. The Labute approximate surface area is 98.4 Å². The molecule has 0 aromatic carbocycles. The Kier molecular flexibility index (Phi) is 4.78. The molecule has 0 aliphatic heterocycles. The number of likely N-dealkylation sites (N-methyl/N-ethyl adjacent to an activating group) is 1. The van der Waals surface area contributed by atoms with E-state index in [1.165, 1.54) is 13.3 Å². The fourth-order valence-corrected chi connectivity index (χ4v) is 1.15. The van der Waals surface area contributed by atoms with Crippen molar-refractivity contribution in [3.63, 3.8) is 0 Å². The van der Waals surface area contributed by atoms with Crippen molar-refractivity contribution in [2.24, 2.45) is 0 Å². The number of carbonyl (C=O) groups excluding carboxylic acids is 1. The molecule has 0 unspecified atom stereocenters. The van der Waals surface area contributed by atoms with Gasteiger partial charge in [0.05, 0.1) is 19.9 Å². The molecule has 0 saturated carbocycles. The Balaban J connectivity index is 2.62. The minimum Gasteiger partial charge on any atom is -0.467 e. The maximum absolute atomic E-state index is 11.2. The summed E-state index contributed by atoms with van der Waals surface area (Å²) in [7, 11) is 1.46. The minimum atomic E-state index is -0.129. The second kappa shape index (κ2) is 6.12. The number of methoxy groups -OCH3 is 1. The molecular formula is C9H13ClN4O2. The Hall–Kier alpha value is -1.56. The van der Waals surface area contributed by atoms with Crippen LogP contribution in [0.1, 0.15) is 6.92 Å². The third kappa shape index (κ3) is 3.54. The first kappa shape index (κ1) is 12.5. The average Bonchev–Trinajstić information content (AvgIpc) is 2.28. The van der Waals surface area contributed by atoms with Crippen molar-refractivity contribution >= 4 is 23.3 Å². The van der Waals surface area contributed by atoms with E-state index in [1.807, 2.05) is 6.92 Å². The summed E-state index contributed by atoms with van der Waals surface area (Å²) in [5, 5.41) is 5.78. The van der Waals surface area contributed by atoms with E-state index in [9.17, 15) is 4.79 Å². The third-order valence-corrected chi connectivity index (χ3v) is 1.97. The van der Waals surface area contributed by atoms with Crippen molar-refractivity contribution in [1.82, 2.24) is 15.3 Å². The Morgan fingerprint density at radius 3 is 3.00 bits per heavy atom. The molecule has 1 aromatic heterocycles. The van der Waals surface area contributed by atoms with Gasteiger partial charge in [-0.3, -0.25) is 4.79 Å². The van der Waals surface area contributed by atoms with E-state index >= 15 is 0 Å². The lowest BCUT2D eigenvalue weighted by molar-refractivity contribution is -0.119. The molecule has 0 radical (unpaired) electrons.